The summed E-state index contributed by atoms with van der Waals surface area (Å²) >= 11 is 6.28. The van der Waals surface area contributed by atoms with Crippen LogP contribution in [0.1, 0.15) is 44.6 Å². The molecule has 1 atom stereocenters. The minimum Gasteiger partial charge on any atom is -0.493 e. The Kier molecular flexibility index (Phi) is 6.47. The van der Waals surface area contributed by atoms with Gasteiger partial charge in [0.25, 0.3) is 0 Å². The van der Waals surface area contributed by atoms with Crippen LogP contribution in [0.3, 0.4) is 0 Å². The number of nitrogens with zero attached hydrogens (tertiary/aromatic N) is 1. The number of halogens is 1. The molecule has 27 heavy (non-hydrogen) atoms. The van der Waals surface area contributed by atoms with E-state index in [1.165, 1.54) is 12.8 Å². The van der Waals surface area contributed by atoms with E-state index in [1.54, 1.807) is 13.2 Å². The molecule has 1 aliphatic heterocycles. The number of hydrogen-bond donors (Lipinski definition) is 1. The second-order valence-corrected chi connectivity index (χ2v) is 7.55. The molecule has 1 aromatic rings. The fourth-order valence-corrected chi connectivity index (χ4v) is 4.26. The molecule has 1 saturated carbocycles. The van der Waals surface area contributed by atoms with Crippen molar-refractivity contribution in [1.82, 2.24) is 10.2 Å². The predicted molar refractivity (Wildman–Crippen MR) is 103 cm³/mol. The van der Waals surface area contributed by atoms with Crippen LogP contribution in [-0.2, 0) is 16.1 Å². The summed E-state index contributed by atoms with van der Waals surface area (Å²) in [5.74, 6) is 0.779. The Labute approximate surface area is 165 Å². The Hall–Kier alpha value is -1.95. The Morgan fingerprint density at radius 3 is 2.74 bits per heavy atom. The maximum Gasteiger partial charge on any atom is 0.225 e. The number of ether oxygens (including phenoxy) is 2. The van der Waals surface area contributed by atoms with Gasteiger partial charge in [0.1, 0.15) is 0 Å². The topological polar surface area (TPSA) is 67.9 Å². The lowest BCUT2D eigenvalue weighted by Crippen LogP contribution is -2.36. The van der Waals surface area contributed by atoms with Gasteiger partial charge in [0.15, 0.2) is 11.5 Å². The van der Waals surface area contributed by atoms with E-state index in [0.29, 0.717) is 48.7 Å². The van der Waals surface area contributed by atoms with Gasteiger partial charge in [-0.3, -0.25) is 9.59 Å². The molecule has 1 aromatic carbocycles. The van der Waals surface area contributed by atoms with Crippen molar-refractivity contribution >= 4 is 23.4 Å². The fourth-order valence-electron chi connectivity index (χ4n) is 3.97. The first-order chi connectivity index (χ1) is 13.0. The van der Waals surface area contributed by atoms with Crippen LogP contribution in [0.15, 0.2) is 12.1 Å². The van der Waals surface area contributed by atoms with E-state index in [-0.39, 0.29) is 17.7 Å². The van der Waals surface area contributed by atoms with Gasteiger partial charge >= 0.3 is 0 Å². The van der Waals surface area contributed by atoms with Gasteiger partial charge in [0, 0.05) is 25.6 Å². The summed E-state index contributed by atoms with van der Waals surface area (Å²) < 4.78 is 10.8. The molecule has 0 aromatic heterocycles. The smallest absolute Gasteiger partial charge is 0.225 e. The van der Waals surface area contributed by atoms with Crippen LogP contribution >= 0.6 is 11.6 Å². The highest BCUT2D eigenvalue weighted by Gasteiger charge is 2.38. The maximum atomic E-state index is 12.6. The highest BCUT2D eigenvalue weighted by molar-refractivity contribution is 6.32. The third kappa shape index (κ3) is 4.49. The Balaban J connectivity index is 1.59. The van der Waals surface area contributed by atoms with Gasteiger partial charge in [0.2, 0.25) is 11.8 Å². The monoisotopic (exact) mass is 394 g/mol. The number of nitrogens with one attached hydrogen (secondary N) is 1. The van der Waals surface area contributed by atoms with E-state index in [1.807, 2.05) is 17.9 Å². The number of benzene rings is 1. The first-order valence-electron chi connectivity index (χ1n) is 9.59. The number of rotatable bonds is 7. The molecule has 6 nitrogen and oxygen atoms in total. The predicted octanol–water partition coefficient (Wildman–Crippen LogP) is 3.15. The fraction of sp³-hybridized carbons (Fsp3) is 0.600. The summed E-state index contributed by atoms with van der Waals surface area (Å²) in [6.45, 7) is 3.22. The van der Waals surface area contributed by atoms with E-state index in [4.69, 9.17) is 21.1 Å². The summed E-state index contributed by atoms with van der Waals surface area (Å²) in [6.07, 6.45) is 4.77. The van der Waals surface area contributed by atoms with Crippen LogP contribution in [0.5, 0.6) is 11.5 Å². The average molecular weight is 395 g/mol. The zero-order valence-electron chi connectivity index (χ0n) is 15.9. The van der Waals surface area contributed by atoms with Crippen molar-refractivity contribution in [3.8, 4) is 11.5 Å². The molecule has 7 heteroatoms. The molecular formula is C20H27ClN2O4. The third-order valence-corrected chi connectivity index (χ3v) is 5.62. The van der Waals surface area contributed by atoms with E-state index < -0.39 is 0 Å². The number of carbonyl (C=O) groups excluding carboxylic acids is 2. The van der Waals surface area contributed by atoms with Crippen molar-refractivity contribution in [2.75, 3.05) is 20.3 Å². The number of amides is 2. The van der Waals surface area contributed by atoms with Crippen molar-refractivity contribution in [1.29, 1.82) is 0 Å². The van der Waals surface area contributed by atoms with Gasteiger partial charge in [0.05, 0.1) is 24.7 Å². The van der Waals surface area contributed by atoms with Crippen LogP contribution in [-0.4, -0.2) is 43.0 Å². The standard InChI is InChI=1S/C20H27ClN2O4/c1-3-27-19-16(21)8-13(9-17(19)26-2)11-22-20(25)14-10-18(24)23(12-14)15-6-4-5-7-15/h8-9,14-15H,3-7,10-12H2,1-2H3,(H,22,25)/t14-/m1/s1. The molecule has 3 rings (SSSR count). The Bertz CT molecular complexity index is 703. The molecule has 2 aliphatic rings. The molecular weight excluding hydrogens is 368 g/mol. The largest absolute Gasteiger partial charge is 0.493 e. The molecule has 0 bridgehead atoms. The summed E-state index contributed by atoms with van der Waals surface area (Å²) in [5.41, 5.74) is 0.825. The summed E-state index contributed by atoms with van der Waals surface area (Å²) in [5, 5.41) is 3.38. The zero-order chi connectivity index (χ0) is 19.4. The van der Waals surface area contributed by atoms with Crippen molar-refractivity contribution < 1.29 is 19.1 Å². The molecule has 1 aliphatic carbocycles. The Morgan fingerprint density at radius 1 is 1.33 bits per heavy atom. The highest BCUT2D eigenvalue weighted by atomic mass is 35.5. The normalized spacial score (nSPS) is 20.2. The third-order valence-electron chi connectivity index (χ3n) is 5.34. The number of carbonyl (C=O) groups is 2. The van der Waals surface area contributed by atoms with E-state index >= 15 is 0 Å². The lowest BCUT2D eigenvalue weighted by molar-refractivity contribution is -0.130. The van der Waals surface area contributed by atoms with Gasteiger partial charge in [-0.25, -0.2) is 0 Å². The number of methoxy groups -OCH3 is 1. The van der Waals surface area contributed by atoms with Crippen molar-refractivity contribution in [2.45, 2.75) is 51.6 Å². The van der Waals surface area contributed by atoms with Crippen molar-refractivity contribution in [3.05, 3.63) is 22.7 Å². The molecule has 1 N–H and O–H groups in total. The molecule has 0 unspecified atom stereocenters. The van der Waals surface area contributed by atoms with Gasteiger partial charge in [-0.15, -0.1) is 0 Å². The summed E-state index contributed by atoms with van der Waals surface area (Å²) in [4.78, 5) is 26.7. The lowest BCUT2D eigenvalue weighted by atomic mass is 10.1. The van der Waals surface area contributed by atoms with Crippen molar-refractivity contribution in [3.63, 3.8) is 0 Å². The number of likely N-dealkylation sites (tertiary alicyclic amines) is 1. The molecule has 0 spiro atoms. The van der Waals surface area contributed by atoms with Crippen LogP contribution in [0.25, 0.3) is 0 Å². The van der Waals surface area contributed by atoms with Crippen molar-refractivity contribution in [2.24, 2.45) is 5.92 Å². The minimum atomic E-state index is -0.279. The van der Waals surface area contributed by atoms with Crippen LogP contribution in [0.2, 0.25) is 5.02 Å². The van der Waals surface area contributed by atoms with Gasteiger partial charge in [-0.1, -0.05) is 24.4 Å². The minimum absolute atomic E-state index is 0.0900. The van der Waals surface area contributed by atoms with Crippen LogP contribution in [0.4, 0.5) is 0 Å². The van der Waals surface area contributed by atoms with Gasteiger partial charge in [-0.05, 0) is 37.5 Å². The summed E-state index contributed by atoms with van der Waals surface area (Å²) in [6, 6.07) is 3.89. The lowest BCUT2D eigenvalue weighted by Gasteiger charge is -2.23. The SMILES string of the molecule is CCOc1c(Cl)cc(CNC(=O)[C@@H]2CC(=O)N(C3CCCC3)C2)cc1OC. The first kappa shape index (κ1) is 19.8. The Morgan fingerprint density at radius 2 is 2.07 bits per heavy atom. The zero-order valence-corrected chi connectivity index (χ0v) is 16.7. The highest BCUT2D eigenvalue weighted by Crippen LogP contribution is 2.36. The second kappa shape index (κ2) is 8.83. The molecule has 2 amide bonds. The van der Waals surface area contributed by atoms with E-state index in [0.717, 1.165) is 18.4 Å². The van der Waals surface area contributed by atoms with E-state index in [9.17, 15) is 9.59 Å². The molecule has 148 valence electrons. The molecule has 1 saturated heterocycles. The van der Waals surface area contributed by atoms with Gasteiger partial charge in [-0.2, -0.15) is 0 Å². The van der Waals surface area contributed by atoms with Crippen LogP contribution in [0, 0.1) is 5.92 Å². The average Bonchev–Trinajstić information content (AvgIpc) is 3.31. The van der Waals surface area contributed by atoms with E-state index in [2.05, 4.69) is 5.32 Å². The quantitative estimate of drug-likeness (QED) is 0.771. The summed E-state index contributed by atoms with van der Waals surface area (Å²) in [7, 11) is 1.55. The van der Waals surface area contributed by atoms with Crippen LogP contribution < -0.4 is 14.8 Å². The molecule has 0 radical (unpaired) electrons. The molecule has 2 fully saturated rings. The van der Waals surface area contributed by atoms with Gasteiger partial charge < -0.3 is 19.7 Å². The second-order valence-electron chi connectivity index (χ2n) is 7.15. The maximum absolute atomic E-state index is 12.6. The first-order valence-corrected chi connectivity index (χ1v) is 9.97. The molecule has 1 heterocycles. The number of hydrogen-bond acceptors (Lipinski definition) is 4.